The Morgan fingerprint density at radius 1 is 0.632 bits per heavy atom. The Kier molecular flexibility index (Phi) is 7.49. The van der Waals surface area contributed by atoms with Gasteiger partial charge in [-0.2, -0.15) is 0 Å². The highest BCUT2D eigenvalue weighted by molar-refractivity contribution is 8.21. The van der Waals surface area contributed by atoms with Gasteiger partial charge in [-0.3, -0.25) is 9.59 Å². The molecule has 206 valence electrons. The van der Waals surface area contributed by atoms with Crippen LogP contribution in [-0.4, -0.2) is 43.0 Å². The molecule has 2 saturated heterocycles. The topological polar surface area (TPSA) is 58.2 Å². The molecule has 3 unspecified atom stereocenters. The van der Waals surface area contributed by atoms with Crippen LogP contribution in [0, 0.1) is 35.5 Å². The van der Waals surface area contributed by atoms with E-state index in [1.165, 1.54) is 61.5 Å². The van der Waals surface area contributed by atoms with Crippen LogP contribution in [0.5, 0.6) is 0 Å². The number of anilines is 2. The van der Waals surface area contributed by atoms with Crippen LogP contribution in [0.25, 0.3) is 0 Å². The predicted octanol–water partition coefficient (Wildman–Crippen LogP) is 7.57. The molecule has 2 aliphatic heterocycles. The Bertz CT molecular complexity index is 959. The number of amides is 2. The number of thioether (sulfide) groups is 4. The summed E-state index contributed by atoms with van der Waals surface area (Å²) in [5.41, 5.74) is 1.61. The number of hydrogen-bond donors (Lipinski definition) is 2. The molecule has 5 atom stereocenters. The van der Waals surface area contributed by atoms with E-state index in [-0.39, 0.29) is 23.7 Å². The molecule has 1 aromatic rings. The van der Waals surface area contributed by atoms with Gasteiger partial charge in [0.25, 0.3) is 0 Å². The first kappa shape index (κ1) is 26.5. The zero-order valence-electron chi connectivity index (χ0n) is 22.1. The summed E-state index contributed by atoms with van der Waals surface area (Å²) in [7, 11) is 0. The summed E-state index contributed by atoms with van der Waals surface area (Å²) in [5.74, 6) is 8.33. The predicted molar refractivity (Wildman–Crippen MR) is 166 cm³/mol. The molecule has 38 heavy (non-hydrogen) atoms. The standard InChI is InChI=1S/C30H40N2O2S4/c33-27(19-14-21-4-1-5-22(15-19)29(21)35-10-11-36-29)31-25-8-3-9-26(18-25)32-28(34)20-16-23-6-2-7-24(17-20)30(23)37-12-13-38-30/h3,8-9,18-24H,1-2,4-7,10-17H2,(H,31,33)(H,32,34)/t19?,20?,21-,22+,23?,24?. The maximum atomic E-state index is 13.4. The second-order valence-corrected chi connectivity index (χ2v) is 18.4. The third kappa shape index (κ3) is 4.65. The van der Waals surface area contributed by atoms with Crippen LogP contribution in [0.4, 0.5) is 11.4 Å². The molecular weight excluding hydrogens is 549 g/mol. The minimum absolute atomic E-state index is 0.108. The van der Waals surface area contributed by atoms with Gasteiger partial charge < -0.3 is 10.6 Å². The smallest absolute Gasteiger partial charge is 0.227 e. The molecule has 0 radical (unpaired) electrons. The number of nitrogens with one attached hydrogen (secondary N) is 2. The van der Waals surface area contributed by atoms with Crippen molar-refractivity contribution in [1.82, 2.24) is 0 Å². The van der Waals surface area contributed by atoms with Crippen molar-refractivity contribution in [3.8, 4) is 0 Å². The van der Waals surface area contributed by atoms with Crippen LogP contribution < -0.4 is 10.6 Å². The normalized spacial score (nSPS) is 36.7. The maximum Gasteiger partial charge on any atom is 0.227 e. The molecule has 1 aromatic carbocycles. The highest BCUT2D eigenvalue weighted by Crippen LogP contribution is 2.65. The van der Waals surface area contributed by atoms with Crippen molar-refractivity contribution in [2.45, 2.75) is 72.4 Å². The first-order valence-electron chi connectivity index (χ1n) is 14.8. The zero-order valence-corrected chi connectivity index (χ0v) is 25.4. The van der Waals surface area contributed by atoms with Crippen molar-refractivity contribution in [2.75, 3.05) is 33.6 Å². The van der Waals surface area contributed by atoms with Gasteiger partial charge in [-0.05, 0) is 93.2 Å². The third-order valence-corrected chi connectivity index (χ3v) is 18.4. The Morgan fingerprint density at radius 2 is 1.00 bits per heavy atom. The van der Waals surface area contributed by atoms with Crippen molar-refractivity contribution in [3.05, 3.63) is 24.3 Å². The molecular formula is C30H40N2O2S4. The SMILES string of the molecule is O=C(Nc1cccc(NC(=O)C2C[C@H]3CCC[C@@H](C2)C32SCCS2)c1)C1CC2CCCC(C1)C21SCCS1. The van der Waals surface area contributed by atoms with Gasteiger partial charge in [-0.15, -0.1) is 47.0 Å². The Hall–Kier alpha value is -0.440. The van der Waals surface area contributed by atoms with Gasteiger partial charge in [0.15, 0.2) is 0 Å². The number of hydrogen-bond acceptors (Lipinski definition) is 6. The summed E-state index contributed by atoms with van der Waals surface area (Å²) in [6.45, 7) is 0. The largest absolute Gasteiger partial charge is 0.326 e. The van der Waals surface area contributed by atoms with E-state index >= 15 is 0 Å². The summed E-state index contributed by atoms with van der Waals surface area (Å²) >= 11 is 8.78. The zero-order chi connectivity index (χ0) is 25.7. The summed E-state index contributed by atoms with van der Waals surface area (Å²) in [6.07, 6.45) is 11.9. The first-order valence-corrected chi connectivity index (χ1v) is 18.8. The minimum Gasteiger partial charge on any atom is -0.326 e. The molecule has 8 heteroatoms. The molecule has 0 aromatic heterocycles. The van der Waals surface area contributed by atoms with Crippen molar-refractivity contribution in [2.24, 2.45) is 35.5 Å². The van der Waals surface area contributed by atoms with Gasteiger partial charge in [-0.1, -0.05) is 18.9 Å². The summed E-state index contributed by atoms with van der Waals surface area (Å²) in [6, 6.07) is 7.84. The highest BCUT2D eigenvalue weighted by Gasteiger charge is 2.56. The van der Waals surface area contributed by atoms with Crippen LogP contribution in [0.2, 0.25) is 0 Å². The third-order valence-electron chi connectivity index (χ3n) is 10.4. The number of rotatable bonds is 4. The molecule has 6 fully saturated rings. The van der Waals surface area contributed by atoms with Crippen LogP contribution in [0.15, 0.2) is 24.3 Å². The lowest BCUT2D eigenvalue weighted by Gasteiger charge is -2.52. The highest BCUT2D eigenvalue weighted by atomic mass is 32.2. The van der Waals surface area contributed by atoms with E-state index in [0.29, 0.717) is 31.8 Å². The van der Waals surface area contributed by atoms with Gasteiger partial charge >= 0.3 is 0 Å². The summed E-state index contributed by atoms with van der Waals surface area (Å²) in [5, 5.41) is 6.46. The van der Waals surface area contributed by atoms with E-state index in [9.17, 15) is 9.59 Å². The van der Waals surface area contributed by atoms with Gasteiger partial charge in [0.05, 0.1) is 8.16 Å². The van der Waals surface area contributed by atoms with Crippen molar-refractivity contribution >= 4 is 70.2 Å². The van der Waals surface area contributed by atoms with Gasteiger partial charge in [0.1, 0.15) is 0 Å². The van der Waals surface area contributed by atoms with E-state index in [1.54, 1.807) is 0 Å². The fraction of sp³-hybridized carbons (Fsp3) is 0.733. The van der Waals surface area contributed by atoms with E-state index in [4.69, 9.17) is 0 Å². The van der Waals surface area contributed by atoms with Gasteiger partial charge in [-0.25, -0.2) is 0 Å². The number of benzene rings is 1. The second-order valence-electron chi connectivity index (χ2n) is 12.4. The Morgan fingerprint density at radius 3 is 1.37 bits per heavy atom. The van der Waals surface area contributed by atoms with E-state index in [2.05, 4.69) is 57.7 Å². The molecule has 4 bridgehead atoms. The lowest BCUT2D eigenvalue weighted by Crippen LogP contribution is -2.48. The fourth-order valence-electron chi connectivity index (χ4n) is 8.81. The number of carbonyl (C=O) groups excluding carboxylic acids is 2. The average molecular weight is 589 g/mol. The van der Waals surface area contributed by atoms with Crippen LogP contribution in [0.3, 0.4) is 0 Å². The van der Waals surface area contributed by atoms with Gasteiger partial charge in [0.2, 0.25) is 11.8 Å². The molecule has 7 rings (SSSR count). The fourth-order valence-corrected chi connectivity index (χ4v) is 16.7. The number of carbonyl (C=O) groups is 2. The molecule has 2 amide bonds. The minimum atomic E-state index is 0.108. The molecule has 2 N–H and O–H groups in total. The first-order chi connectivity index (χ1) is 18.6. The summed E-state index contributed by atoms with van der Waals surface area (Å²) in [4.78, 5) is 26.8. The summed E-state index contributed by atoms with van der Waals surface area (Å²) < 4.78 is 0.789. The van der Waals surface area contributed by atoms with Crippen molar-refractivity contribution in [3.63, 3.8) is 0 Å². The van der Waals surface area contributed by atoms with Crippen molar-refractivity contribution < 1.29 is 9.59 Å². The molecule has 4 aliphatic carbocycles. The monoisotopic (exact) mass is 588 g/mol. The Labute approximate surface area is 244 Å². The Balaban J connectivity index is 0.980. The molecule has 6 aliphatic rings. The molecule has 2 heterocycles. The lowest BCUT2D eigenvalue weighted by atomic mass is 9.67. The molecule has 4 nitrogen and oxygen atoms in total. The van der Waals surface area contributed by atoms with Gasteiger partial charge in [0, 0.05) is 46.2 Å². The maximum absolute atomic E-state index is 13.4. The average Bonchev–Trinajstić information content (AvgIpc) is 3.55. The van der Waals surface area contributed by atoms with Crippen molar-refractivity contribution in [1.29, 1.82) is 0 Å². The van der Waals surface area contributed by atoms with E-state index < -0.39 is 0 Å². The quantitative estimate of drug-likeness (QED) is 0.378. The lowest BCUT2D eigenvalue weighted by molar-refractivity contribution is -0.123. The van der Waals surface area contributed by atoms with Crippen LogP contribution in [0.1, 0.15) is 64.2 Å². The van der Waals surface area contributed by atoms with Crippen LogP contribution in [-0.2, 0) is 9.59 Å². The van der Waals surface area contributed by atoms with E-state index in [1.807, 2.05) is 24.3 Å². The van der Waals surface area contributed by atoms with Crippen LogP contribution >= 0.6 is 47.0 Å². The molecule has 2 spiro atoms. The second kappa shape index (κ2) is 10.8. The van der Waals surface area contributed by atoms with E-state index in [0.717, 1.165) is 37.1 Å². The molecule has 4 saturated carbocycles.